The minimum Gasteiger partial charge on any atom is -0.497 e. The third-order valence-corrected chi connectivity index (χ3v) is 4.57. The topological polar surface area (TPSA) is 49.7 Å². The van der Waals surface area contributed by atoms with Crippen LogP contribution in [0.25, 0.3) is 0 Å². The Morgan fingerprint density at radius 2 is 1.86 bits per heavy atom. The van der Waals surface area contributed by atoms with Crippen LogP contribution in [0.5, 0.6) is 5.75 Å². The molecule has 0 saturated carbocycles. The van der Waals surface area contributed by atoms with Crippen molar-refractivity contribution in [1.82, 2.24) is 0 Å². The highest BCUT2D eigenvalue weighted by Gasteiger charge is 2.17. The monoisotopic (exact) mass is 302 g/mol. The van der Waals surface area contributed by atoms with Gasteiger partial charge in [-0.25, -0.2) is 0 Å². The molecule has 2 N–H and O–H groups in total. The van der Waals surface area contributed by atoms with Gasteiger partial charge in [-0.05, 0) is 48.6 Å². The van der Waals surface area contributed by atoms with Gasteiger partial charge in [-0.1, -0.05) is 23.8 Å². The average molecular weight is 302 g/mol. The van der Waals surface area contributed by atoms with Crippen LogP contribution in [0.1, 0.15) is 16.7 Å². The zero-order valence-corrected chi connectivity index (χ0v) is 13.3. The fraction of sp³-hybridized carbons (Fsp3) is 0.250. The lowest BCUT2D eigenvalue weighted by Gasteiger charge is -2.12. The molecular weight excluding hydrogens is 283 g/mol. The molecule has 21 heavy (non-hydrogen) atoms. The predicted molar refractivity (Wildman–Crippen MR) is 88.3 cm³/mol. The molecule has 110 valence electrons. The maximum Gasteiger partial charge on any atom is 0.488 e. The molecule has 0 aromatic heterocycles. The first-order valence-electron chi connectivity index (χ1n) is 6.74. The summed E-state index contributed by atoms with van der Waals surface area (Å²) in [6.07, 6.45) is 0. The van der Waals surface area contributed by atoms with E-state index in [0.29, 0.717) is 11.2 Å². The van der Waals surface area contributed by atoms with E-state index in [0.717, 1.165) is 11.3 Å². The second-order valence-corrected chi connectivity index (χ2v) is 6.01. The van der Waals surface area contributed by atoms with Crippen LogP contribution in [0.3, 0.4) is 0 Å². The quantitative estimate of drug-likeness (QED) is 0.657. The number of methoxy groups -OCH3 is 1. The van der Waals surface area contributed by atoms with Gasteiger partial charge in [0, 0.05) is 10.6 Å². The number of benzene rings is 2. The van der Waals surface area contributed by atoms with E-state index in [9.17, 15) is 10.0 Å². The minimum atomic E-state index is -1.47. The molecule has 3 nitrogen and oxygen atoms in total. The first-order chi connectivity index (χ1) is 10.0. The highest BCUT2D eigenvalue weighted by Crippen LogP contribution is 2.27. The summed E-state index contributed by atoms with van der Waals surface area (Å²) >= 11 is 1.68. The van der Waals surface area contributed by atoms with Crippen molar-refractivity contribution in [2.75, 3.05) is 7.11 Å². The lowest BCUT2D eigenvalue weighted by molar-refractivity contribution is 0.413. The van der Waals surface area contributed by atoms with Gasteiger partial charge in [0.1, 0.15) is 5.75 Å². The Bertz CT molecular complexity index is 629. The molecule has 2 aromatic carbocycles. The van der Waals surface area contributed by atoms with Gasteiger partial charge in [0.2, 0.25) is 0 Å². The fourth-order valence-corrected chi connectivity index (χ4v) is 3.21. The molecule has 0 amide bonds. The number of rotatable bonds is 5. The molecule has 5 heteroatoms. The summed E-state index contributed by atoms with van der Waals surface area (Å²) in [7, 11) is 0.136. The molecular formula is C16H19BO3S. The first-order valence-corrected chi connectivity index (χ1v) is 7.73. The van der Waals surface area contributed by atoms with E-state index < -0.39 is 7.12 Å². The summed E-state index contributed by atoms with van der Waals surface area (Å²) in [5, 5.41) is 18.9. The molecule has 0 aliphatic rings. The summed E-state index contributed by atoms with van der Waals surface area (Å²) in [5.74, 6) is 1.38. The Kier molecular flexibility index (Phi) is 5.34. The third-order valence-electron chi connectivity index (χ3n) is 3.34. The molecule has 0 aliphatic carbocycles. The molecule has 0 saturated heterocycles. The van der Waals surface area contributed by atoms with Gasteiger partial charge in [-0.3, -0.25) is 0 Å². The number of aryl methyl sites for hydroxylation is 2. The van der Waals surface area contributed by atoms with Gasteiger partial charge < -0.3 is 14.8 Å². The third kappa shape index (κ3) is 4.03. The average Bonchev–Trinajstić information content (AvgIpc) is 2.45. The van der Waals surface area contributed by atoms with Crippen LogP contribution in [0.15, 0.2) is 41.3 Å². The number of hydrogen-bond donors (Lipinski definition) is 2. The molecule has 0 spiro atoms. The van der Waals surface area contributed by atoms with Crippen LogP contribution >= 0.6 is 11.8 Å². The highest BCUT2D eigenvalue weighted by molar-refractivity contribution is 7.98. The van der Waals surface area contributed by atoms with Gasteiger partial charge in [0.05, 0.1) is 7.11 Å². The standard InChI is InChI=1S/C16H19BO3S/c1-11-4-7-16(12(2)8-11)21-10-13-9-14(20-3)5-6-15(13)17(18)19/h4-9,18-19H,10H2,1-3H3. The Hall–Kier alpha value is -1.43. The van der Waals surface area contributed by atoms with Crippen molar-refractivity contribution >= 4 is 24.3 Å². The van der Waals surface area contributed by atoms with Gasteiger partial charge in [0.15, 0.2) is 0 Å². The van der Waals surface area contributed by atoms with Crippen LogP contribution in [-0.4, -0.2) is 24.3 Å². The normalized spacial score (nSPS) is 10.5. The summed E-state index contributed by atoms with van der Waals surface area (Å²) in [6, 6.07) is 11.6. The number of ether oxygens (including phenoxy) is 1. The Morgan fingerprint density at radius 1 is 1.10 bits per heavy atom. The first kappa shape index (κ1) is 16.0. The van der Waals surface area contributed by atoms with E-state index in [1.165, 1.54) is 16.0 Å². The minimum absolute atomic E-state index is 0.521. The Morgan fingerprint density at radius 3 is 2.48 bits per heavy atom. The molecule has 0 radical (unpaired) electrons. The maximum atomic E-state index is 9.46. The van der Waals surface area contributed by atoms with Gasteiger partial charge in [-0.15, -0.1) is 11.8 Å². The molecule has 2 aromatic rings. The van der Waals surface area contributed by atoms with Crippen molar-refractivity contribution in [3.63, 3.8) is 0 Å². The van der Waals surface area contributed by atoms with Gasteiger partial charge >= 0.3 is 7.12 Å². The number of hydrogen-bond acceptors (Lipinski definition) is 4. The van der Waals surface area contributed by atoms with E-state index in [2.05, 4.69) is 32.0 Å². The SMILES string of the molecule is COc1ccc(B(O)O)c(CSc2ccc(C)cc2C)c1. The number of thioether (sulfide) groups is 1. The smallest absolute Gasteiger partial charge is 0.488 e. The molecule has 0 heterocycles. The highest BCUT2D eigenvalue weighted by atomic mass is 32.2. The molecule has 0 atom stereocenters. The van der Waals surface area contributed by atoms with E-state index in [4.69, 9.17) is 4.74 Å². The van der Waals surface area contributed by atoms with E-state index in [1.54, 1.807) is 31.0 Å². The van der Waals surface area contributed by atoms with Crippen LogP contribution in [0, 0.1) is 13.8 Å². The van der Waals surface area contributed by atoms with Crippen molar-refractivity contribution in [3.05, 3.63) is 53.1 Å². The fourth-order valence-electron chi connectivity index (χ4n) is 2.20. The van der Waals surface area contributed by atoms with Crippen molar-refractivity contribution < 1.29 is 14.8 Å². The van der Waals surface area contributed by atoms with Crippen molar-refractivity contribution in [1.29, 1.82) is 0 Å². The van der Waals surface area contributed by atoms with Crippen LogP contribution in [0.2, 0.25) is 0 Å². The zero-order chi connectivity index (χ0) is 15.4. The summed E-state index contributed by atoms with van der Waals surface area (Å²) in [5.41, 5.74) is 3.86. The molecule has 2 rings (SSSR count). The summed E-state index contributed by atoms with van der Waals surface area (Å²) in [4.78, 5) is 1.20. The molecule has 0 fully saturated rings. The Labute approximate surface area is 130 Å². The van der Waals surface area contributed by atoms with E-state index >= 15 is 0 Å². The second-order valence-electron chi connectivity index (χ2n) is 5.00. The lowest BCUT2D eigenvalue weighted by atomic mass is 9.77. The molecule has 0 aliphatic heterocycles. The molecule has 0 unspecified atom stereocenters. The zero-order valence-electron chi connectivity index (χ0n) is 12.5. The summed E-state index contributed by atoms with van der Waals surface area (Å²) < 4.78 is 5.21. The summed E-state index contributed by atoms with van der Waals surface area (Å²) in [6.45, 7) is 4.16. The van der Waals surface area contributed by atoms with Gasteiger partial charge in [0.25, 0.3) is 0 Å². The van der Waals surface area contributed by atoms with E-state index in [-0.39, 0.29) is 0 Å². The maximum absolute atomic E-state index is 9.46. The van der Waals surface area contributed by atoms with E-state index in [1.807, 2.05) is 6.07 Å². The second kappa shape index (κ2) is 7.03. The van der Waals surface area contributed by atoms with Crippen molar-refractivity contribution in [2.24, 2.45) is 0 Å². The van der Waals surface area contributed by atoms with Crippen LogP contribution in [0.4, 0.5) is 0 Å². The largest absolute Gasteiger partial charge is 0.497 e. The van der Waals surface area contributed by atoms with Crippen LogP contribution in [-0.2, 0) is 5.75 Å². The van der Waals surface area contributed by atoms with Crippen LogP contribution < -0.4 is 10.2 Å². The van der Waals surface area contributed by atoms with Crippen molar-refractivity contribution in [2.45, 2.75) is 24.5 Å². The van der Waals surface area contributed by atoms with Gasteiger partial charge in [-0.2, -0.15) is 0 Å². The van der Waals surface area contributed by atoms with Crippen molar-refractivity contribution in [3.8, 4) is 5.75 Å². The Balaban J connectivity index is 2.22. The molecule has 0 bridgehead atoms. The lowest BCUT2D eigenvalue weighted by Crippen LogP contribution is -2.32. The predicted octanol–water partition coefficient (Wildman–Crippen LogP) is 2.28.